The van der Waals surface area contributed by atoms with Gasteiger partial charge in [-0.05, 0) is 30.2 Å². The fraction of sp³-hybridized carbons (Fsp3) is 0.176. The number of rotatable bonds is 4. The number of amides is 1. The van der Waals surface area contributed by atoms with E-state index in [1.54, 1.807) is 12.1 Å². The maximum absolute atomic E-state index is 12.1. The average Bonchev–Trinajstić information content (AvgIpc) is 2.49. The number of nitrogens with zero attached hydrogens (tertiary/aromatic N) is 1. The van der Waals surface area contributed by atoms with Crippen molar-refractivity contribution in [3.05, 3.63) is 71.3 Å². The second-order valence-corrected chi connectivity index (χ2v) is 4.64. The molecule has 100 valence electrons. The molecule has 0 aliphatic heterocycles. The van der Waals surface area contributed by atoms with E-state index in [0.717, 1.165) is 11.1 Å². The van der Waals surface area contributed by atoms with Gasteiger partial charge in [-0.15, -0.1) is 0 Å². The van der Waals surface area contributed by atoms with Gasteiger partial charge in [-0.25, -0.2) is 0 Å². The first kappa shape index (κ1) is 13.8. The molecule has 1 atom stereocenters. The van der Waals surface area contributed by atoms with Gasteiger partial charge in [-0.3, -0.25) is 4.79 Å². The first-order chi connectivity index (χ1) is 9.70. The molecule has 0 spiro atoms. The molecule has 3 heteroatoms. The normalized spacial score (nSPS) is 11.4. The van der Waals surface area contributed by atoms with E-state index in [4.69, 9.17) is 5.26 Å². The lowest BCUT2D eigenvalue weighted by atomic mass is 10.1. The van der Waals surface area contributed by atoms with Crippen LogP contribution < -0.4 is 5.32 Å². The van der Waals surface area contributed by atoms with Crippen LogP contribution in [-0.4, -0.2) is 5.91 Å². The minimum Gasteiger partial charge on any atom is -0.346 e. The van der Waals surface area contributed by atoms with Crippen molar-refractivity contribution in [2.45, 2.75) is 19.4 Å². The highest BCUT2D eigenvalue weighted by Crippen LogP contribution is 2.13. The predicted molar refractivity (Wildman–Crippen MR) is 78.1 cm³/mol. The van der Waals surface area contributed by atoms with Gasteiger partial charge < -0.3 is 5.32 Å². The predicted octanol–water partition coefficient (Wildman–Crippen LogP) is 3.24. The van der Waals surface area contributed by atoms with E-state index in [1.807, 2.05) is 49.4 Å². The molecule has 1 unspecified atom stereocenters. The van der Waals surface area contributed by atoms with Gasteiger partial charge in [0, 0.05) is 5.56 Å². The molecule has 0 aromatic heterocycles. The molecule has 0 aliphatic rings. The summed E-state index contributed by atoms with van der Waals surface area (Å²) < 4.78 is 0. The number of hydrogen-bond donors (Lipinski definition) is 1. The number of hydrogen-bond acceptors (Lipinski definition) is 2. The van der Waals surface area contributed by atoms with Gasteiger partial charge in [0.15, 0.2) is 0 Å². The summed E-state index contributed by atoms with van der Waals surface area (Å²) >= 11 is 0. The van der Waals surface area contributed by atoms with Crippen LogP contribution in [0.1, 0.15) is 34.5 Å². The fourth-order valence-electron chi connectivity index (χ4n) is 1.97. The van der Waals surface area contributed by atoms with Crippen LogP contribution in [0.3, 0.4) is 0 Å². The van der Waals surface area contributed by atoms with Gasteiger partial charge in [-0.1, -0.05) is 42.5 Å². The minimum atomic E-state index is -0.107. The van der Waals surface area contributed by atoms with Gasteiger partial charge in [0.1, 0.15) is 0 Å². The van der Waals surface area contributed by atoms with Crippen LogP contribution in [0.15, 0.2) is 54.6 Å². The van der Waals surface area contributed by atoms with Crippen molar-refractivity contribution in [3.8, 4) is 6.07 Å². The van der Waals surface area contributed by atoms with Crippen LogP contribution in [0.5, 0.6) is 0 Å². The molecule has 0 saturated heterocycles. The minimum absolute atomic E-state index is 0.0394. The van der Waals surface area contributed by atoms with Crippen molar-refractivity contribution in [2.24, 2.45) is 0 Å². The number of benzene rings is 2. The van der Waals surface area contributed by atoms with E-state index in [0.29, 0.717) is 12.0 Å². The quantitative estimate of drug-likeness (QED) is 0.921. The van der Waals surface area contributed by atoms with Gasteiger partial charge >= 0.3 is 0 Å². The Balaban J connectivity index is 2.03. The zero-order valence-electron chi connectivity index (χ0n) is 11.3. The Kier molecular flexibility index (Phi) is 4.52. The van der Waals surface area contributed by atoms with Crippen molar-refractivity contribution in [2.75, 3.05) is 0 Å². The summed E-state index contributed by atoms with van der Waals surface area (Å²) in [6, 6.07) is 19.0. The Hall–Kier alpha value is -2.60. The Bertz CT molecular complexity index is 612. The highest BCUT2D eigenvalue weighted by Gasteiger charge is 2.10. The molecule has 2 rings (SSSR count). The topological polar surface area (TPSA) is 52.9 Å². The molecule has 0 heterocycles. The summed E-state index contributed by atoms with van der Waals surface area (Å²) in [5.41, 5.74) is 2.59. The van der Waals surface area contributed by atoms with Crippen LogP contribution in [-0.2, 0) is 6.42 Å². The number of carbonyl (C=O) groups excluding carboxylic acids is 1. The maximum atomic E-state index is 12.1. The van der Waals surface area contributed by atoms with Gasteiger partial charge in [0.2, 0.25) is 0 Å². The van der Waals surface area contributed by atoms with Gasteiger partial charge in [0.05, 0.1) is 18.5 Å². The zero-order chi connectivity index (χ0) is 14.4. The second-order valence-electron chi connectivity index (χ2n) is 4.64. The summed E-state index contributed by atoms with van der Waals surface area (Å²) in [6.45, 7) is 1.96. The largest absolute Gasteiger partial charge is 0.346 e. The summed E-state index contributed by atoms with van der Waals surface area (Å²) in [6.07, 6.45) is 0.363. The Morgan fingerprint density at radius 1 is 1.15 bits per heavy atom. The molecule has 0 bridgehead atoms. The van der Waals surface area contributed by atoms with Crippen molar-refractivity contribution < 1.29 is 4.79 Å². The fourth-order valence-corrected chi connectivity index (χ4v) is 1.97. The van der Waals surface area contributed by atoms with Gasteiger partial charge in [-0.2, -0.15) is 5.26 Å². The third-order valence-electron chi connectivity index (χ3n) is 3.15. The van der Waals surface area contributed by atoms with Crippen molar-refractivity contribution in [1.29, 1.82) is 5.26 Å². The molecule has 20 heavy (non-hydrogen) atoms. The van der Waals surface area contributed by atoms with E-state index in [1.165, 1.54) is 0 Å². The van der Waals surface area contributed by atoms with E-state index in [2.05, 4.69) is 11.4 Å². The highest BCUT2D eigenvalue weighted by atomic mass is 16.1. The van der Waals surface area contributed by atoms with Crippen LogP contribution in [0.4, 0.5) is 0 Å². The molecule has 1 N–H and O–H groups in total. The number of carbonyl (C=O) groups is 1. The monoisotopic (exact) mass is 264 g/mol. The third kappa shape index (κ3) is 3.46. The second kappa shape index (κ2) is 6.53. The lowest BCUT2D eigenvalue weighted by Crippen LogP contribution is -2.26. The van der Waals surface area contributed by atoms with Crippen LogP contribution in [0.25, 0.3) is 0 Å². The molecule has 0 aliphatic carbocycles. The van der Waals surface area contributed by atoms with Crippen molar-refractivity contribution in [1.82, 2.24) is 5.32 Å². The molecule has 0 fully saturated rings. The SMILES string of the molecule is CC(NC(=O)c1ccc(CC#N)cc1)c1ccccc1. The standard InChI is InChI=1S/C17H16N2O/c1-13(15-5-3-2-4-6-15)19-17(20)16-9-7-14(8-10-16)11-12-18/h2-10,13H,11H2,1H3,(H,19,20). The van der Waals surface area contributed by atoms with Crippen LogP contribution in [0, 0.1) is 11.3 Å². The van der Waals surface area contributed by atoms with E-state index >= 15 is 0 Å². The van der Waals surface area contributed by atoms with Crippen molar-refractivity contribution >= 4 is 5.91 Å². The lowest BCUT2D eigenvalue weighted by Gasteiger charge is -2.14. The molecular formula is C17H16N2O. The Morgan fingerprint density at radius 2 is 1.80 bits per heavy atom. The van der Waals surface area contributed by atoms with E-state index in [-0.39, 0.29) is 11.9 Å². The average molecular weight is 264 g/mol. The lowest BCUT2D eigenvalue weighted by molar-refractivity contribution is 0.0940. The molecule has 2 aromatic rings. The molecule has 1 amide bonds. The summed E-state index contributed by atoms with van der Waals surface area (Å²) in [4.78, 5) is 12.1. The third-order valence-corrected chi connectivity index (χ3v) is 3.15. The molecule has 0 saturated carbocycles. The summed E-state index contributed by atoms with van der Waals surface area (Å²) in [5, 5.41) is 11.6. The molecule has 3 nitrogen and oxygen atoms in total. The van der Waals surface area contributed by atoms with Crippen LogP contribution >= 0.6 is 0 Å². The first-order valence-corrected chi connectivity index (χ1v) is 6.52. The summed E-state index contributed by atoms with van der Waals surface area (Å²) in [7, 11) is 0. The first-order valence-electron chi connectivity index (χ1n) is 6.52. The van der Waals surface area contributed by atoms with E-state index < -0.39 is 0 Å². The molecule has 2 aromatic carbocycles. The smallest absolute Gasteiger partial charge is 0.251 e. The molecule has 0 radical (unpaired) electrons. The Morgan fingerprint density at radius 3 is 2.40 bits per heavy atom. The van der Waals surface area contributed by atoms with Gasteiger partial charge in [0.25, 0.3) is 5.91 Å². The van der Waals surface area contributed by atoms with E-state index in [9.17, 15) is 4.79 Å². The van der Waals surface area contributed by atoms with Crippen molar-refractivity contribution in [3.63, 3.8) is 0 Å². The number of nitrogens with one attached hydrogen (secondary N) is 1. The highest BCUT2D eigenvalue weighted by molar-refractivity contribution is 5.94. The van der Waals surface area contributed by atoms with Crippen LogP contribution in [0.2, 0.25) is 0 Å². The zero-order valence-corrected chi connectivity index (χ0v) is 11.3. The maximum Gasteiger partial charge on any atom is 0.251 e. The summed E-state index contributed by atoms with van der Waals surface area (Å²) in [5.74, 6) is -0.107. The Labute approximate surface area is 118 Å². The molecular weight excluding hydrogens is 248 g/mol. The number of nitriles is 1.